The topological polar surface area (TPSA) is 120 Å². The summed E-state index contributed by atoms with van der Waals surface area (Å²) >= 11 is 0. The van der Waals surface area contributed by atoms with E-state index in [0.717, 1.165) is 24.4 Å². The Balaban J connectivity index is 1.78. The number of aliphatic hydroxyl groups excluding tert-OH is 2. The molecule has 3 aromatic heterocycles. The molecule has 0 radical (unpaired) electrons. The molecular weight excluding hydrogens is 484 g/mol. The molecule has 0 amide bonds. The molecule has 3 N–H and O–H groups in total. The van der Waals surface area contributed by atoms with E-state index < -0.39 is 35.3 Å². The van der Waals surface area contributed by atoms with E-state index in [2.05, 4.69) is 30.2 Å². The zero-order valence-corrected chi connectivity index (χ0v) is 17.2. The van der Waals surface area contributed by atoms with Crippen molar-refractivity contribution in [1.82, 2.24) is 24.9 Å². The first kappa shape index (κ1) is 23.7. The number of anilines is 3. The van der Waals surface area contributed by atoms with Gasteiger partial charge in [0.15, 0.2) is 17.3 Å². The Kier molecular flexibility index (Phi) is 5.92. The van der Waals surface area contributed by atoms with Crippen LogP contribution in [0.3, 0.4) is 0 Å². The molecule has 4 rings (SSSR count). The number of halogens is 6. The van der Waals surface area contributed by atoms with E-state index in [9.17, 15) is 36.6 Å². The highest BCUT2D eigenvalue weighted by atomic mass is 19.4. The van der Waals surface area contributed by atoms with Crippen molar-refractivity contribution in [3.8, 4) is 11.5 Å². The van der Waals surface area contributed by atoms with Gasteiger partial charge in [-0.25, -0.2) is 4.98 Å². The minimum atomic E-state index is -4.75. The second-order valence-electron chi connectivity index (χ2n) is 7.02. The molecule has 35 heavy (non-hydrogen) atoms. The Morgan fingerprint density at radius 2 is 1.63 bits per heavy atom. The summed E-state index contributed by atoms with van der Waals surface area (Å²) in [5.41, 5.74) is -2.80. The van der Waals surface area contributed by atoms with Gasteiger partial charge in [-0.15, -0.1) is 0 Å². The van der Waals surface area contributed by atoms with Crippen LogP contribution in [0.4, 0.5) is 43.9 Å². The van der Waals surface area contributed by atoms with Crippen molar-refractivity contribution in [2.75, 3.05) is 16.8 Å². The lowest BCUT2D eigenvalue weighted by Crippen LogP contribution is -2.25. The van der Waals surface area contributed by atoms with Crippen molar-refractivity contribution in [3.63, 3.8) is 0 Å². The second kappa shape index (κ2) is 8.73. The maximum Gasteiger partial charge on any atom is 0.433 e. The second-order valence-corrected chi connectivity index (χ2v) is 7.02. The highest BCUT2D eigenvalue weighted by molar-refractivity contribution is 5.60. The first-order valence-electron chi connectivity index (χ1n) is 9.57. The maximum absolute atomic E-state index is 13.1. The van der Waals surface area contributed by atoms with Gasteiger partial charge in [0.1, 0.15) is 17.1 Å². The summed E-state index contributed by atoms with van der Waals surface area (Å²) in [5.74, 6) is -1.71. The number of allylic oxidation sites excluding steroid dienone is 1. The summed E-state index contributed by atoms with van der Waals surface area (Å²) < 4.78 is 78.4. The lowest BCUT2D eigenvalue weighted by Gasteiger charge is -2.22. The van der Waals surface area contributed by atoms with E-state index in [1.165, 1.54) is 23.2 Å². The van der Waals surface area contributed by atoms with Gasteiger partial charge in [-0.1, -0.05) is 6.07 Å². The summed E-state index contributed by atoms with van der Waals surface area (Å²) in [5, 5.41) is 21.9. The predicted octanol–water partition coefficient (Wildman–Crippen LogP) is 4.77. The molecule has 1 aliphatic heterocycles. The molecule has 0 atom stereocenters. The minimum absolute atomic E-state index is 0.109. The average Bonchev–Trinajstić information content (AvgIpc) is 2.80. The third-order valence-electron chi connectivity index (χ3n) is 4.48. The molecule has 9 nitrogen and oxygen atoms in total. The minimum Gasteiger partial charge on any atom is -0.507 e. The summed E-state index contributed by atoms with van der Waals surface area (Å²) in [7, 11) is 0. The van der Waals surface area contributed by atoms with Gasteiger partial charge in [-0.2, -0.15) is 41.3 Å². The molecule has 4 heterocycles. The average molecular weight is 497 g/mol. The number of rotatable bonds is 4. The van der Waals surface area contributed by atoms with Gasteiger partial charge in [0.25, 0.3) is 0 Å². The number of alkyl halides is 6. The zero-order valence-electron chi connectivity index (χ0n) is 17.2. The third-order valence-corrected chi connectivity index (χ3v) is 4.48. The van der Waals surface area contributed by atoms with Crippen molar-refractivity contribution in [3.05, 3.63) is 71.7 Å². The number of nitrogens with one attached hydrogen (secondary N) is 1. The summed E-state index contributed by atoms with van der Waals surface area (Å²) in [6.45, 7) is -0.297. The first-order valence-corrected chi connectivity index (χ1v) is 9.57. The van der Waals surface area contributed by atoms with Crippen molar-refractivity contribution in [2.24, 2.45) is 0 Å². The number of nitrogens with zero attached hydrogens (tertiary/aromatic N) is 6. The normalized spacial score (nSPS) is 14.4. The van der Waals surface area contributed by atoms with E-state index in [0.29, 0.717) is 6.07 Å². The Morgan fingerprint density at radius 1 is 0.886 bits per heavy atom. The van der Waals surface area contributed by atoms with Crippen molar-refractivity contribution in [1.29, 1.82) is 0 Å². The zero-order chi connectivity index (χ0) is 25.4. The predicted molar refractivity (Wildman–Crippen MR) is 109 cm³/mol. The molecule has 0 aromatic carbocycles. The monoisotopic (exact) mass is 497 g/mol. The standard InChI is InChI=1S/C20H13F6N7O2/c21-19(22,23)14-3-1-2-11(29-14)16-30-17(28-10-4-6-27-15(8-10)20(24,25)26)32-18(31-16)33-7-5-12(34)13(35)9-33/h1-8,34-35H,9H2,(H,27,28,30,31,32). The lowest BCUT2D eigenvalue weighted by molar-refractivity contribution is -0.141. The number of aliphatic hydroxyl groups is 2. The number of aromatic nitrogens is 5. The van der Waals surface area contributed by atoms with Crippen LogP contribution < -0.4 is 10.2 Å². The summed E-state index contributed by atoms with van der Waals surface area (Å²) in [6.07, 6.45) is -6.16. The molecule has 3 aromatic rings. The molecule has 0 fully saturated rings. The molecule has 0 spiro atoms. The van der Waals surface area contributed by atoms with E-state index in [4.69, 9.17) is 0 Å². The smallest absolute Gasteiger partial charge is 0.433 e. The molecule has 182 valence electrons. The van der Waals surface area contributed by atoms with Gasteiger partial charge in [0.2, 0.25) is 11.9 Å². The van der Waals surface area contributed by atoms with Crippen LogP contribution in [0.1, 0.15) is 11.4 Å². The van der Waals surface area contributed by atoms with Crippen LogP contribution in [0.15, 0.2) is 60.3 Å². The fourth-order valence-electron chi connectivity index (χ4n) is 2.86. The van der Waals surface area contributed by atoms with E-state index >= 15 is 0 Å². The fourth-order valence-corrected chi connectivity index (χ4v) is 2.86. The molecular formula is C20H13F6N7O2. The Bertz CT molecular complexity index is 1320. The van der Waals surface area contributed by atoms with Crippen LogP contribution in [0.25, 0.3) is 11.5 Å². The van der Waals surface area contributed by atoms with Gasteiger partial charge in [-0.3, -0.25) is 4.98 Å². The van der Waals surface area contributed by atoms with E-state index in [-0.39, 0.29) is 35.6 Å². The van der Waals surface area contributed by atoms with Crippen LogP contribution in [0, 0.1) is 0 Å². The number of hydrogen-bond donors (Lipinski definition) is 3. The quantitative estimate of drug-likeness (QED) is 0.438. The first-order chi connectivity index (χ1) is 16.4. The Hall–Kier alpha value is -4.43. The van der Waals surface area contributed by atoms with Crippen molar-refractivity contribution in [2.45, 2.75) is 12.4 Å². The molecule has 0 bridgehead atoms. The van der Waals surface area contributed by atoms with Crippen molar-refractivity contribution >= 4 is 17.6 Å². The third kappa shape index (κ3) is 5.39. The molecule has 0 saturated heterocycles. The molecule has 0 saturated carbocycles. The van der Waals surface area contributed by atoms with Crippen LogP contribution >= 0.6 is 0 Å². The van der Waals surface area contributed by atoms with Crippen LogP contribution in [0.5, 0.6) is 0 Å². The molecule has 0 unspecified atom stereocenters. The van der Waals surface area contributed by atoms with Gasteiger partial charge in [-0.05, 0) is 30.3 Å². The highest BCUT2D eigenvalue weighted by Crippen LogP contribution is 2.31. The summed E-state index contributed by atoms with van der Waals surface area (Å²) in [4.78, 5) is 20.2. The SMILES string of the molecule is OC1=C(O)CN(c2nc(Nc3ccnc(C(F)(F)F)c3)nc(-c3cccc(C(F)(F)F)n3)n2)C=C1. The molecule has 1 aliphatic rings. The van der Waals surface area contributed by atoms with E-state index in [1.54, 1.807) is 0 Å². The van der Waals surface area contributed by atoms with Gasteiger partial charge >= 0.3 is 12.4 Å². The lowest BCUT2D eigenvalue weighted by atomic mass is 10.2. The van der Waals surface area contributed by atoms with E-state index in [1.807, 2.05) is 0 Å². The van der Waals surface area contributed by atoms with Gasteiger partial charge in [0, 0.05) is 18.1 Å². The van der Waals surface area contributed by atoms with Gasteiger partial charge in [0.05, 0.1) is 6.54 Å². The maximum atomic E-state index is 13.1. The largest absolute Gasteiger partial charge is 0.507 e. The van der Waals surface area contributed by atoms with Crippen molar-refractivity contribution < 1.29 is 36.6 Å². The fraction of sp³-hybridized carbons (Fsp3) is 0.150. The van der Waals surface area contributed by atoms with Crippen LogP contribution in [-0.2, 0) is 12.4 Å². The molecule has 0 aliphatic carbocycles. The highest BCUT2D eigenvalue weighted by Gasteiger charge is 2.33. The number of pyridine rings is 2. The number of hydrogen-bond acceptors (Lipinski definition) is 9. The Morgan fingerprint density at radius 3 is 2.31 bits per heavy atom. The van der Waals surface area contributed by atoms with Crippen LogP contribution in [0.2, 0.25) is 0 Å². The summed E-state index contributed by atoms with van der Waals surface area (Å²) in [6, 6.07) is 4.95. The Labute approximate surface area is 192 Å². The van der Waals surface area contributed by atoms with Crippen LogP contribution in [-0.4, -0.2) is 41.7 Å². The molecule has 15 heteroatoms. The van der Waals surface area contributed by atoms with Gasteiger partial charge < -0.3 is 20.4 Å².